The van der Waals surface area contributed by atoms with Gasteiger partial charge >= 0.3 is 0 Å². The zero-order valence-electron chi connectivity index (χ0n) is 12.5. The molecule has 1 heterocycles. The van der Waals surface area contributed by atoms with Crippen molar-refractivity contribution in [3.05, 3.63) is 62.8 Å². The number of pyridine rings is 1. The third-order valence-corrected chi connectivity index (χ3v) is 4.11. The number of rotatable bonds is 3. The summed E-state index contributed by atoms with van der Waals surface area (Å²) < 4.78 is 13.6. The summed E-state index contributed by atoms with van der Waals surface area (Å²) in [7, 11) is 0. The molecule has 0 saturated heterocycles. The fraction of sp³-hybridized carbons (Fsp3) is 0.294. The molecule has 0 saturated carbocycles. The molecule has 1 aliphatic carbocycles. The number of fused-ring (bicyclic) bond motifs is 1. The van der Waals surface area contributed by atoms with Gasteiger partial charge in [0, 0.05) is 23.4 Å². The van der Waals surface area contributed by atoms with Gasteiger partial charge in [-0.3, -0.25) is 9.59 Å². The van der Waals surface area contributed by atoms with Crippen molar-refractivity contribution in [3.63, 3.8) is 0 Å². The number of aromatic nitrogens is 1. The number of hydrogen-bond donors (Lipinski definition) is 3. The lowest BCUT2D eigenvalue weighted by molar-refractivity contribution is 0.0946. The first-order valence-electron chi connectivity index (χ1n) is 7.56. The molecule has 6 heteroatoms. The topological polar surface area (TPSA) is 82.2 Å². The molecular formula is C17H17FN2O3. The Hall–Kier alpha value is -2.63. The maximum absolute atomic E-state index is 13.6. The van der Waals surface area contributed by atoms with Crippen LogP contribution in [-0.4, -0.2) is 16.0 Å². The third kappa shape index (κ3) is 2.97. The second-order valence-electron chi connectivity index (χ2n) is 5.62. The van der Waals surface area contributed by atoms with E-state index in [1.807, 2.05) is 0 Å². The average Bonchev–Trinajstić information content (AvgIpc) is 2.54. The highest BCUT2D eigenvalue weighted by Crippen LogP contribution is 2.28. The number of H-pyrrole nitrogens is 1. The van der Waals surface area contributed by atoms with Crippen LogP contribution in [0, 0.1) is 5.82 Å². The number of amides is 1. The minimum absolute atomic E-state index is 0.0541. The molecule has 1 aliphatic rings. The van der Waals surface area contributed by atoms with Crippen LogP contribution in [0.25, 0.3) is 0 Å². The molecule has 0 unspecified atom stereocenters. The molecule has 120 valence electrons. The lowest BCUT2D eigenvalue weighted by atomic mass is 9.93. The molecule has 0 fully saturated rings. The number of hydrogen-bond acceptors (Lipinski definition) is 3. The highest BCUT2D eigenvalue weighted by molar-refractivity contribution is 5.96. The molecule has 2 aromatic rings. The van der Waals surface area contributed by atoms with Gasteiger partial charge in [0.2, 0.25) is 0 Å². The van der Waals surface area contributed by atoms with Crippen molar-refractivity contribution in [1.29, 1.82) is 0 Å². The summed E-state index contributed by atoms with van der Waals surface area (Å²) in [5.41, 5.74) is 0.724. The Morgan fingerprint density at radius 2 is 2.00 bits per heavy atom. The lowest BCUT2D eigenvalue weighted by Crippen LogP contribution is -2.31. The number of carbonyl (C=O) groups is 1. The summed E-state index contributed by atoms with van der Waals surface area (Å²) in [5, 5.41) is 12.8. The van der Waals surface area contributed by atoms with Gasteiger partial charge in [0.1, 0.15) is 17.1 Å². The molecule has 3 rings (SSSR count). The SMILES string of the molecule is O=C(NCc1ccccc1F)c1c(O)c2c([nH]c1=O)CCCC2. The largest absolute Gasteiger partial charge is 0.507 e. The van der Waals surface area contributed by atoms with Crippen LogP contribution in [0.5, 0.6) is 5.75 Å². The maximum Gasteiger partial charge on any atom is 0.264 e. The Labute approximate surface area is 132 Å². The van der Waals surface area contributed by atoms with Crippen LogP contribution in [-0.2, 0) is 19.4 Å². The van der Waals surface area contributed by atoms with Gasteiger partial charge in [-0.05, 0) is 31.7 Å². The van der Waals surface area contributed by atoms with Gasteiger partial charge in [0.25, 0.3) is 11.5 Å². The van der Waals surface area contributed by atoms with Crippen molar-refractivity contribution in [2.24, 2.45) is 0 Å². The zero-order valence-corrected chi connectivity index (χ0v) is 12.5. The molecule has 1 aromatic heterocycles. The van der Waals surface area contributed by atoms with Gasteiger partial charge in [-0.1, -0.05) is 18.2 Å². The van der Waals surface area contributed by atoms with E-state index in [0.29, 0.717) is 29.7 Å². The summed E-state index contributed by atoms with van der Waals surface area (Å²) in [6.07, 6.45) is 3.17. The molecule has 0 aliphatic heterocycles. The van der Waals surface area contributed by atoms with Crippen molar-refractivity contribution in [2.45, 2.75) is 32.2 Å². The number of nitrogens with one attached hydrogen (secondary N) is 2. The van der Waals surface area contributed by atoms with Gasteiger partial charge in [-0.25, -0.2) is 4.39 Å². The molecule has 5 nitrogen and oxygen atoms in total. The van der Waals surface area contributed by atoms with Gasteiger partial charge in [-0.15, -0.1) is 0 Å². The standard InChI is InChI=1S/C17H17FN2O3/c18-12-7-3-1-5-10(12)9-19-16(22)14-15(21)11-6-2-4-8-13(11)20-17(14)23/h1,3,5,7H,2,4,6,8-9H2,(H,19,22)(H2,20,21,23). The lowest BCUT2D eigenvalue weighted by Gasteiger charge is -2.18. The minimum Gasteiger partial charge on any atom is -0.507 e. The van der Waals surface area contributed by atoms with E-state index in [1.165, 1.54) is 6.07 Å². The van der Waals surface area contributed by atoms with E-state index in [2.05, 4.69) is 10.3 Å². The number of aromatic amines is 1. The van der Waals surface area contributed by atoms with Gasteiger partial charge in [-0.2, -0.15) is 0 Å². The Bertz CT molecular complexity index is 814. The maximum atomic E-state index is 13.6. The van der Waals surface area contributed by atoms with Crippen LogP contribution in [0.15, 0.2) is 29.1 Å². The van der Waals surface area contributed by atoms with Crippen LogP contribution in [0.4, 0.5) is 4.39 Å². The van der Waals surface area contributed by atoms with E-state index in [9.17, 15) is 19.1 Å². The zero-order chi connectivity index (χ0) is 16.4. The summed E-state index contributed by atoms with van der Waals surface area (Å²) >= 11 is 0. The number of benzene rings is 1. The first-order valence-corrected chi connectivity index (χ1v) is 7.56. The van der Waals surface area contributed by atoms with Crippen LogP contribution < -0.4 is 10.9 Å². The number of aryl methyl sites for hydroxylation is 1. The molecular weight excluding hydrogens is 299 g/mol. The highest BCUT2D eigenvalue weighted by atomic mass is 19.1. The van der Waals surface area contributed by atoms with E-state index in [-0.39, 0.29) is 17.9 Å². The molecule has 0 bridgehead atoms. The molecule has 0 spiro atoms. The van der Waals surface area contributed by atoms with Crippen LogP contribution in [0.1, 0.15) is 40.0 Å². The van der Waals surface area contributed by atoms with Crippen LogP contribution in [0.2, 0.25) is 0 Å². The molecule has 1 aromatic carbocycles. The van der Waals surface area contributed by atoms with E-state index in [0.717, 1.165) is 12.8 Å². The summed E-state index contributed by atoms with van der Waals surface area (Å²) in [4.78, 5) is 27.0. The van der Waals surface area contributed by atoms with Gasteiger partial charge < -0.3 is 15.4 Å². The predicted molar refractivity (Wildman–Crippen MR) is 82.9 cm³/mol. The van der Waals surface area contributed by atoms with Crippen LogP contribution in [0.3, 0.4) is 0 Å². The number of carbonyl (C=O) groups excluding carboxylic acids is 1. The minimum atomic E-state index is -0.708. The van der Waals surface area contributed by atoms with E-state index in [1.54, 1.807) is 18.2 Å². The van der Waals surface area contributed by atoms with Crippen molar-refractivity contribution in [2.75, 3.05) is 0 Å². The Balaban J connectivity index is 1.85. The molecule has 0 radical (unpaired) electrons. The quantitative estimate of drug-likeness (QED) is 0.810. The van der Waals surface area contributed by atoms with E-state index in [4.69, 9.17) is 0 Å². The fourth-order valence-corrected chi connectivity index (χ4v) is 2.88. The van der Waals surface area contributed by atoms with Crippen molar-refractivity contribution in [1.82, 2.24) is 10.3 Å². The van der Waals surface area contributed by atoms with Gasteiger partial charge in [0.15, 0.2) is 0 Å². The normalized spacial score (nSPS) is 13.4. The number of aromatic hydroxyl groups is 1. The molecule has 3 N–H and O–H groups in total. The second-order valence-corrected chi connectivity index (χ2v) is 5.62. The predicted octanol–water partition coefficient (Wildman–Crippen LogP) is 2.03. The van der Waals surface area contributed by atoms with Gasteiger partial charge in [0.05, 0.1) is 0 Å². The summed E-state index contributed by atoms with van der Waals surface area (Å²) in [6.45, 7) is -0.0541. The Kier molecular flexibility index (Phi) is 4.14. The summed E-state index contributed by atoms with van der Waals surface area (Å²) in [6, 6.07) is 6.06. The molecule has 0 atom stereocenters. The molecule has 1 amide bonds. The van der Waals surface area contributed by atoms with Crippen molar-refractivity contribution in [3.8, 4) is 5.75 Å². The van der Waals surface area contributed by atoms with Crippen molar-refractivity contribution < 1.29 is 14.3 Å². The Morgan fingerprint density at radius 1 is 1.26 bits per heavy atom. The first-order chi connectivity index (χ1) is 11.1. The van der Waals surface area contributed by atoms with E-state index >= 15 is 0 Å². The molecule has 23 heavy (non-hydrogen) atoms. The first kappa shape index (κ1) is 15.3. The van der Waals surface area contributed by atoms with Crippen molar-refractivity contribution >= 4 is 5.91 Å². The monoisotopic (exact) mass is 316 g/mol. The highest BCUT2D eigenvalue weighted by Gasteiger charge is 2.23. The second kappa shape index (κ2) is 6.24. The Morgan fingerprint density at radius 3 is 2.78 bits per heavy atom. The average molecular weight is 316 g/mol. The van der Waals surface area contributed by atoms with Crippen LogP contribution >= 0.6 is 0 Å². The van der Waals surface area contributed by atoms with E-state index < -0.39 is 17.3 Å². The third-order valence-electron chi connectivity index (χ3n) is 4.11. The fourth-order valence-electron chi connectivity index (χ4n) is 2.88. The smallest absolute Gasteiger partial charge is 0.264 e. The number of halogens is 1. The summed E-state index contributed by atoms with van der Waals surface area (Å²) in [5.74, 6) is -1.40.